The van der Waals surface area contributed by atoms with Crippen molar-refractivity contribution in [2.75, 3.05) is 19.8 Å². The van der Waals surface area contributed by atoms with E-state index in [1.165, 1.54) is 0 Å². The minimum absolute atomic E-state index is 0.0243. The van der Waals surface area contributed by atoms with Crippen LogP contribution in [0.3, 0.4) is 0 Å². The molecule has 20 heavy (non-hydrogen) atoms. The third kappa shape index (κ3) is 5.03. The van der Waals surface area contributed by atoms with Crippen molar-refractivity contribution in [1.82, 2.24) is 0 Å². The molecule has 0 unspecified atom stereocenters. The van der Waals surface area contributed by atoms with Crippen LogP contribution in [-0.2, 0) is 28.6 Å². The van der Waals surface area contributed by atoms with Gasteiger partial charge in [-0.1, -0.05) is 5.57 Å². The maximum absolute atomic E-state index is 11.9. The first kappa shape index (κ1) is 18.1. The Morgan fingerprint density at radius 3 is 1.50 bits per heavy atom. The lowest BCUT2D eigenvalue weighted by atomic mass is 9.95. The molecule has 0 radical (unpaired) electrons. The van der Waals surface area contributed by atoms with Gasteiger partial charge in [0.1, 0.15) is 0 Å². The van der Waals surface area contributed by atoms with Crippen LogP contribution in [0.2, 0.25) is 0 Å². The van der Waals surface area contributed by atoms with E-state index in [1.54, 1.807) is 34.6 Å². The van der Waals surface area contributed by atoms with Gasteiger partial charge in [-0.3, -0.25) is 9.59 Å². The SMILES string of the molecule is CCOC(=O)C(=C(C)C)C(C(=O)OCC)C(=O)OCC. The third-order valence-corrected chi connectivity index (χ3v) is 2.37. The molecule has 0 N–H and O–H groups in total. The van der Waals surface area contributed by atoms with E-state index < -0.39 is 23.8 Å². The standard InChI is InChI=1S/C14H22O6/c1-6-18-12(15)10(9(4)5)11(13(16)19-7-2)14(17)20-8-3/h11H,6-8H2,1-5H3. The van der Waals surface area contributed by atoms with E-state index in [0.29, 0.717) is 5.57 Å². The van der Waals surface area contributed by atoms with Crippen LogP contribution < -0.4 is 0 Å². The Hall–Kier alpha value is -1.85. The van der Waals surface area contributed by atoms with Gasteiger partial charge >= 0.3 is 17.9 Å². The van der Waals surface area contributed by atoms with Gasteiger partial charge in [0.25, 0.3) is 0 Å². The molecule has 6 heteroatoms. The molecule has 0 saturated heterocycles. The second-order valence-electron chi connectivity index (χ2n) is 4.07. The molecule has 0 spiro atoms. The molecule has 0 aliphatic rings. The molecular formula is C14H22O6. The number of carbonyl (C=O) groups excluding carboxylic acids is 3. The smallest absolute Gasteiger partial charge is 0.335 e. The largest absolute Gasteiger partial charge is 0.465 e. The number of ether oxygens (including phenoxy) is 3. The number of allylic oxidation sites excluding steroid dienone is 1. The first-order valence-corrected chi connectivity index (χ1v) is 6.58. The van der Waals surface area contributed by atoms with Crippen LogP contribution in [0.5, 0.6) is 0 Å². The van der Waals surface area contributed by atoms with Gasteiger partial charge in [-0.15, -0.1) is 0 Å². The predicted octanol–water partition coefficient (Wildman–Crippen LogP) is 1.63. The summed E-state index contributed by atoms with van der Waals surface area (Å²) in [5.74, 6) is -3.73. The van der Waals surface area contributed by atoms with Gasteiger partial charge in [0, 0.05) is 0 Å². The van der Waals surface area contributed by atoms with E-state index in [9.17, 15) is 14.4 Å². The van der Waals surface area contributed by atoms with Crippen LogP contribution in [0, 0.1) is 5.92 Å². The zero-order chi connectivity index (χ0) is 15.7. The molecule has 0 rings (SSSR count). The summed E-state index contributed by atoms with van der Waals surface area (Å²) in [5, 5.41) is 0. The van der Waals surface area contributed by atoms with Crippen molar-refractivity contribution in [3.63, 3.8) is 0 Å². The highest BCUT2D eigenvalue weighted by atomic mass is 16.6. The summed E-state index contributed by atoms with van der Waals surface area (Å²) in [6.45, 7) is 8.48. The Bertz CT molecular complexity index is 374. The summed E-state index contributed by atoms with van der Waals surface area (Å²) in [5.41, 5.74) is 0.485. The minimum atomic E-state index is -1.40. The summed E-state index contributed by atoms with van der Waals surface area (Å²) in [6.07, 6.45) is 0. The summed E-state index contributed by atoms with van der Waals surface area (Å²) in [4.78, 5) is 35.8. The normalized spacial score (nSPS) is 9.90. The number of carbonyl (C=O) groups is 3. The molecule has 0 bridgehead atoms. The summed E-state index contributed by atoms with van der Waals surface area (Å²) in [7, 11) is 0. The average molecular weight is 286 g/mol. The second-order valence-corrected chi connectivity index (χ2v) is 4.07. The van der Waals surface area contributed by atoms with Crippen molar-refractivity contribution >= 4 is 17.9 Å². The highest BCUT2D eigenvalue weighted by Gasteiger charge is 2.38. The Labute approximate surface area is 119 Å². The van der Waals surface area contributed by atoms with Crippen LogP contribution in [0.1, 0.15) is 34.6 Å². The second kappa shape index (κ2) is 9.12. The lowest BCUT2D eigenvalue weighted by Crippen LogP contribution is -2.34. The van der Waals surface area contributed by atoms with E-state index in [1.807, 2.05) is 0 Å². The van der Waals surface area contributed by atoms with Crippen molar-refractivity contribution in [2.24, 2.45) is 5.92 Å². The van der Waals surface area contributed by atoms with Crippen LogP contribution in [0.25, 0.3) is 0 Å². The van der Waals surface area contributed by atoms with E-state index in [-0.39, 0.29) is 25.4 Å². The fraction of sp³-hybridized carbons (Fsp3) is 0.643. The Balaban J connectivity index is 5.55. The van der Waals surface area contributed by atoms with Crippen LogP contribution in [0.15, 0.2) is 11.1 Å². The van der Waals surface area contributed by atoms with Gasteiger partial charge < -0.3 is 14.2 Å². The first-order valence-electron chi connectivity index (χ1n) is 6.58. The minimum Gasteiger partial charge on any atom is -0.465 e. The molecule has 0 fully saturated rings. The summed E-state index contributed by atoms with van der Waals surface area (Å²) >= 11 is 0. The van der Waals surface area contributed by atoms with Crippen molar-refractivity contribution in [3.05, 3.63) is 11.1 Å². The van der Waals surface area contributed by atoms with Gasteiger partial charge in [-0.2, -0.15) is 0 Å². The van der Waals surface area contributed by atoms with E-state index in [0.717, 1.165) is 0 Å². The zero-order valence-corrected chi connectivity index (χ0v) is 12.6. The Morgan fingerprint density at radius 2 is 1.20 bits per heavy atom. The third-order valence-electron chi connectivity index (χ3n) is 2.37. The summed E-state index contributed by atoms with van der Waals surface area (Å²) in [6, 6.07) is 0. The zero-order valence-electron chi connectivity index (χ0n) is 12.6. The number of rotatable bonds is 7. The van der Waals surface area contributed by atoms with E-state index in [2.05, 4.69) is 0 Å². The molecule has 0 saturated carbocycles. The predicted molar refractivity (Wildman–Crippen MR) is 71.8 cm³/mol. The topological polar surface area (TPSA) is 78.9 Å². The summed E-state index contributed by atoms with van der Waals surface area (Å²) < 4.78 is 14.6. The van der Waals surface area contributed by atoms with Crippen LogP contribution in [0.4, 0.5) is 0 Å². The van der Waals surface area contributed by atoms with Gasteiger partial charge in [0.05, 0.1) is 25.4 Å². The monoisotopic (exact) mass is 286 g/mol. The maximum Gasteiger partial charge on any atom is 0.335 e. The van der Waals surface area contributed by atoms with E-state index in [4.69, 9.17) is 14.2 Å². The highest BCUT2D eigenvalue weighted by Crippen LogP contribution is 2.21. The molecule has 0 amide bonds. The van der Waals surface area contributed by atoms with Crippen molar-refractivity contribution in [1.29, 1.82) is 0 Å². The first-order chi connectivity index (χ1) is 9.40. The van der Waals surface area contributed by atoms with Crippen molar-refractivity contribution in [3.8, 4) is 0 Å². The van der Waals surface area contributed by atoms with Gasteiger partial charge in [-0.05, 0) is 34.6 Å². The molecule has 0 aromatic heterocycles. The highest BCUT2D eigenvalue weighted by molar-refractivity contribution is 6.07. The number of hydrogen-bond acceptors (Lipinski definition) is 6. The van der Waals surface area contributed by atoms with Gasteiger partial charge in [0.15, 0.2) is 5.92 Å². The van der Waals surface area contributed by atoms with Crippen LogP contribution in [-0.4, -0.2) is 37.7 Å². The Kier molecular flexibility index (Phi) is 8.27. The van der Waals surface area contributed by atoms with Crippen LogP contribution >= 0.6 is 0 Å². The average Bonchev–Trinajstić information content (AvgIpc) is 2.35. The van der Waals surface area contributed by atoms with E-state index >= 15 is 0 Å². The fourth-order valence-electron chi connectivity index (χ4n) is 1.60. The molecule has 0 aliphatic heterocycles. The van der Waals surface area contributed by atoms with Gasteiger partial charge in [-0.25, -0.2) is 4.79 Å². The maximum atomic E-state index is 11.9. The molecule has 114 valence electrons. The molecule has 0 aromatic rings. The number of hydrogen-bond donors (Lipinski definition) is 0. The quantitative estimate of drug-likeness (QED) is 0.306. The van der Waals surface area contributed by atoms with Crippen molar-refractivity contribution in [2.45, 2.75) is 34.6 Å². The molecule has 0 heterocycles. The molecule has 6 nitrogen and oxygen atoms in total. The Morgan fingerprint density at radius 1 is 0.800 bits per heavy atom. The van der Waals surface area contributed by atoms with Gasteiger partial charge in [0.2, 0.25) is 0 Å². The van der Waals surface area contributed by atoms with Crippen molar-refractivity contribution < 1.29 is 28.6 Å². The molecule has 0 atom stereocenters. The molecular weight excluding hydrogens is 264 g/mol. The fourth-order valence-corrected chi connectivity index (χ4v) is 1.60. The lowest BCUT2D eigenvalue weighted by molar-refractivity contribution is -0.162. The molecule has 0 aliphatic carbocycles. The lowest BCUT2D eigenvalue weighted by Gasteiger charge is -2.18. The number of esters is 3. The molecule has 0 aromatic carbocycles.